The normalized spacial score (nSPS) is 12.9. The largest absolute Gasteiger partial charge is 0.478 e. The Morgan fingerprint density at radius 2 is 2.09 bits per heavy atom. The fourth-order valence-corrected chi connectivity index (χ4v) is 3.08. The van der Waals surface area contributed by atoms with E-state index in [-0.39, 0.29) is 16.5 Å². The zero-order valence-corrected chi connectivity index (χ0v) is 13.7. The predicted octanol–water partition coefficient (Wildman–Crippen LogP) is 1.52. The molecule has 0 aliphatic rings. The molecule has 1 rings (SSSR count). The quantitative estimate of drug-likeness (QED) is 0.593. The van der Waals surface area contributed by atoms with E-state index in [0.717, 1.165) is 6.07 Å². The van der Waals surface area contributed by atoms with Crippen LogP contribution in [-0.4, -0.2) is 45.8 Å². The van der Waals surface area contributed by atoms with Gasteiger partial charge in [-0.1, -0.05) is 6.92 Å². The second-order valence-corrected chi connectivity index (χ2v) is 6.58. The molecule has 22 heavy (non-hydrogen) atoms. The lowest BCUT2D eigenvalue weighted by Crippen LogP contribution is -2.32. The van der Waals surface area contributed by atoms with E-state index in [2.05, 4.69) is 10.0 Å². The van der Waals surface area contributed by atoms with E-state index in [1.165, 1.54) is 19.2 Å². The van der Waals surface area contributed by atoms with Crippen LogP contribution in [-0.2, 0) is 14.8 Å². The van der Waals surface area contributed by atoms with Gasteiger partial charge in [-0.2, -0.15) is 0 Å². The number of hydrogen-bond acceptors (Lipinski definition) is 5. The van der Waals surface area contributed by atoms with Gasteiger partial charge < -0.3 is 15.2 Å². The predicted molar refractivity (Wildman–Crippen MR) is 83.8 cm³/mol. The maximum absolute atomic E-state index is 12.2. The second-order valence-electron chi connectivity index (χ2n) is 4.86. The molecule has 0 radical (unpaired) electrons. The number of nitrogens with one attached hydrogen (secondary N) is 2. The molecular formula is C14H22N2O5S. The minimum Gasteiger partial charge on any atom is -0.478 e. The van der Waals surface area contributed by atoms with Crippen molar-refractivity contribution in [1.82, 2.24) is 4.72 Å². The van der Waals surface area contributed by atoms with Crippen molar-refractivity contribution in [1.29, 1.82) is 0 Å². The number of carbonyl (C=O) groups is 1. The summed E-state index contributed by atoms with van der Waals surface area (Å²) in [4.78, 5) is 11.3. The number of benzene rings is 1. The van der Waals surface area contributed by atoms with Crippen molar-refractivity contribution in [3.63, 3.8) is 0 Å². The van der Waals surface area contributed by atoms with Gasteiger partial charge >= 0.3 is 5.97 Å². The molecule has 0 spiro atoms. The Labute approximate surface area is 130 Å². The van der Waals surface area contributed by atoms with E-state index in [1.54, 1.807) is 6.92 Å². The molecule has 0 saturated carbocycles. The maximum atomic E-state index is 12.2. The van der Waals surface area contributed by atoms with Crippen LogP contribution < -0.4 is 10.0 Å². The third-order valence-corrected chi connectivity index (χ3v) is 4.71. The summed E-state index contributed by atoms with van der Waals surface area (Å²) in [5, 5.41) is 12.2. The highest BCUT2D eigenvalue weighted by molar-refractivity contribution is 7.89. The molecule has 1 aromatic rings. The number of ether oxygens (including phenoxy) is 1. The van der Waals surface area contributed by atoms with Gasteiger partial charge in [-0.3, -0.25) is 0 Å². The first-order valence-electron chi connectivity index (χ1n) is 6.94. The molecule has 0 aliphatic carbocycles. The highest BCUT2D eigenvalue weighted by Gasteiger charge is 2.20. The highest BCUT2D eigenvalue weighted by atomic mass is 32.2. The first-order valence-corrected chi connectivity index (χ1v) is 8.42. The van der Waals surface area contributed by atoms with Crippen molar-refractivity contribution in [2.45, 2.75) is 31.2 Å². The molecule has 1 atom stereocenters. The molecule has 0 aliphatic heterocycles. The second kappa shape index (κ2) is 8.11. The highest BCUT2D eigenvalue weighted by Crippen LogP contribution is 2.21. The van der Waals surface area contributed by atoms with Crippen molar-refractivity contribution >= 4 is 21.7 Å². The number of sulfonamides is 1. The lowest BCUT2D eigenvalue weighted by Gasteiger charge is -2.14. The summed E-state index contributed by atoms with van der Waals surface area (Å²) in [6.45, 7) is 4.44. The van der Waals surface area contributed by atoms with Gasteiger partial charge in [0.1, 0.15) is 0 Å². The van der Waals surface area contributed by atoms with Crippen molar-refractivity contribution in [2.24, 2.45) is 0 Å². The average Bonchev–Trinajstić information content (AvgIpc) is 2.46. The zero-order valence-electron chi connectivity index (χ0n) is 12.9. The fourth-order valence-electron chi connectivity index (χ4n) is 1.73. The Hall–Kier alpha value is -1.64. The number of anilines is 1. The van der Waals surface area contributed by atoms with Gasteiger partial charge in [-0.25, -0.2) is 17.9 Å². The Kier molecular flexibility index (Phi) is 6.79. The number of rotatable bonds is 9. The topological polar surface area (TPSA) is 105 Å². The van der Waals surface area contributed by atoms with Gasteiger partial charge in [0.15, 0.2) is 0 Å². The Balaban J connectivity index is 3.09. The molecule has 0 aromatic heterocycles. The molecule has 1 unspecified atom stereocenters. The molecule has 7 nitrogen and oxygen atoms in total. The Morgan fingerprint density at radius 3 is 2.64 bits per heavy atom. The number of methoxy groups -OCH3 is 1. The van der Waals surface area contributed by atoms with E-state index in [4.69, 9.17) is 4.74 Å². The Bertz CT molecular complexity index is 616. The van der Waals surface area contributed by atoms with E-state index in [1.807, 2.05) is 6.92 Å². The van der Waals surface area contributed by atoms with Gasteiger partial charge in [0, 0.05) is 25.4 Å². The molecule has 8 heteroatoms. The lowest BCUT2D eigenvalue weighted by molar-refractivity contribution is 0.0697. The minimum atomic E-state index is -3.74. The lowest BCUT2D eigenvalue weighted by atomic mass is 10.2. The summed E-state index contributed by atoms with van der Waals surface area (Å²) in [7, 11) is -2.20. The standard InChI is InChI=1S/C14H22N2O5S/c1-4-10(2)16-22(19,20)11-5-6-13(15-7-8-21-3)12(9-11)14(17)18/h5-6,9-10,15-16H,4,7-8H2,1-3H3,(H,17,18). The number of carboxylic acids is 1. The summed E-state index contributed by atoms with van der Waals surface area (Å²) in [5.74, 6) is -1.19. The monoisotopic (exact) mass is 330 g/mol. The Morgan fingerprint density at radius 1 is 1.41 bits per heavy atom. The summed E-state index contributed by atoms with van der Waals surface area (Å²) in [6, 6.07) is 3.76. The average molecular weight is 330 g/mol. The van der Waals surface area contributed by atoms with Gasteiger partial charge in [0.25, 0.3) is 0 Å². The van der Waals surface area contributed by atoms with E-state index >= 15 is 0 Å². The molecule has 124 valence electrons. The summed E-state index contributed by atoms with van der Waals surface area (Å²) < 4.78 is 31.8. The molecular weight excluding hydrogens is 308 g/mol. The summed E-state index contributed by atoms with van der Waals surface area (Å²) >= 11 is 0. The molecule has 0 saturated heterocycles. The van der Waals surface area contributed by atoms with Crippen LogP contribution in [0.2, 0.25) is 0 Å². The molecule has 3 N–H and O–H groups in total. The van der Waals surface area contributed by atoms with Gasteiger partial charge in [0.05, 0.1) is 17.1 Å². The van der Waals surface area contributed by atoms with E-state index in [9.17, 15) is 18.3 Å². The molecule has 0 fully saturated rings. The first-order chi connectivity index (χ1) is 10.3. The van der Waals surface area contributed by atoms with Crippen LogP contribution in [0.5, 0.6) is 0 Å². The zero-order chi connectivity index (χ0) is 16.8. The van der Waals surface area contributed by atoms with Crippen LogP contribution in [0.15, 0.2) is 23.1 Å². The third-order valence-electron chi connectivity index (χ3n) is 3.12. The van der Waals surface area contributed by atoms with Crippen molar-refractivity contribution in [3.05, 3.63) is 23.8 Å². The molecule has 0 heterocycles. The van der Waals surface area contributed by atoms with Crippen LogP contribution in [0.25, 0.3) is 0 Å². The molecule has 1 aromatic carbocycles. The smallest absolute Gasteiger partial charge is 0.337 e. The third kappa shape index (κ3) is 4.97. The molecule has 0 bridgehead atoms. The van der Waals surface area contributed by atoms with E-state index in [0.29, 0.717) is 25.3 Å². The van der Waals surface area contributed by atoms with Crippen LogP contribution >= 0.6 is 0 Å². The van der Waals surface area contributed by atoms with Gasteiger partial charge in [0.2, 0.25) is 10.0 Å². The van der Waals surface area contributed by atoms with Crippen molar-refractivity contribution in [3.8, 4) is 0 Å². The SMILES string of the molecule is CCC(C)NS(=O)(=O)c1ccc(NCCOC)c(C(=O)O)c1. The summed E-state index contributed by atoms with van der Waals surface area (Å²) in [6.07, 6.45) is 0.641. The minimum absolute atomic E-state index is 0.0671. The van der Waals surface area contributed by atoms with Crippen LogP contribution in [0.1, 0.15) is 30.6 Å². The maximum Gasteiger partial charge on any atom is 0.337 e. The number of aromatic carboxylic acids is 1. The fraction of sp³-hybridized carbons (Fsp3) is 0.500. The van der Waals surface area contributed by atoms with Gasteiger partial charge in [-0.15, -0.1) is 0 Å². The van der Waals surface area contributed by atoms with Crippen molar-refractivity contribution in [2.75, 3.05) is 25.6 Å². The number of carboxylic acid groups (broad SMARTS) is 1. The van der Waals surface area contributed by atoms with Crippen LogP contribution in [0.4, 0.5) is 5.69 Å². The van der Waals surface area contributed by atoms with Crippen LogP contribution in [0.3, 0.4) is 0 Å². The van der Waals surface area contributed by atoms with Gasteiger partial charge in [-0.05, 0) is 31.5 Å². The van der Waals surface area contributed by atoms with Crippen LogP contribution in [0, 0.1) is 0 Å². The summed E-state index contributed by atoms with van der Waals surface area (Å²) in [5.41, 5.74) is 0.259. The first kappa shape index (κ1) is 18.4. The van der Waals surface area contributed by atoms with Crippen molar-refractivity contribution < 1.29 is 23.1 Å². The number of hydrogen-bond donors (Lipinski definition) is 3. The molecule has 0 amide bonds. The van der Waals surface area contributed by atoms with E-state index < -0.39 is 16.0 Å².